The van der Waals surface area contributed by atoms with Crippen molar-refractivity contribution in [2.45, 2.75) is 11.3 Å². The van der Waals surface area contributed by atoms with E-state index >= 15 is 0 Å². The molecule has 1 aliphatic heterocycles. The summed E-state index contributed by atoms with van der Waals surface area (Å²) in [6.45, 7) is 0. The van der Waals surface area contributed by atoms with E-state index in [2.05, 4.69) is 23.2 Å². The summed E-state index contributed by atoms with van der Waals surface area (Å²) >= 11 is 0.941. The molecule has 2 heteroatoms. The monoisotopic (exact) mass is 165 g/mol. The lowest BCUT2D eigenvalue weighted by Gasteiger charge is -2.01. The zero-order valence-corrected chi connectivity index (χ0v) is 7.25. The van der Waals surface area contributed by atoms with Crippen LogP contribution in [0.3, 0.4) is 0 Å². The first-order valence-electron chi connectivity index (χ1n) is 3.82. The van der Waals surface area contributed by atoms with Crippen molar-refractivity contribution in [3.05, 3.63) is 24.3 Å². The third kappa shape index (κ3) is 1.46. The minimum Gasteiger partial charge on any atom is -0.260 e. The summed E-state index contributed by atoms with van der Waals surface area (Å²) < 4.78 is 0. The minimum atomic E-state index is 0.941. The van der Waals surface area contributed by atoms with Crippen molar-refractivity contribution in [1.29, 1.82) is 0 Å². The Kier molecular flexibility index (Phi) is 1.95. The number of fused-ring (bicyclic) bond motifs is 1. The lowest BCUT2D eigenvalue weighted by molar-refractivity contribution is 1.35. The second kappa shape index (κ2) is 3.09. The molecular weight excluding hydrogens is 154 g/mol. The highest BCUT2D eigenvalue weighted by atomic mass is 32.2. The fourth-order valence-corrected chi connectivity index (χ4v) is 2.26. The number of hydrogen-bond donors (Lipinski definition) is 0. The van der Waals surface area contributed by atoms with Crippen molar-refractivity contribution < 1.29 is 0 Å². The summed E-state index contributed by atoms with van der Waals surface area (Å²) in [7, 11) is 0. The second-order valence-corrected chi connectivity index (χ2v) is 3.94. The molecule has 1 heterocycles. The summed E-state index contributed by atoms with van der Waals surface area (Å²) in [6.07, 6.45) is 3.16. The molecule has 0 unspecified atom stereocenters. The van der Waals surface area contributed by atoms with Crippen LogP contribution in [-0.2, 0) is 0 Å². The standard InChI is InChI=1S/C9H11NS/c1-2-5-9-8(4-1)10-6-3-7-11-9/h1-2,4-6H,3,7,11H2. The minimum absolute atomic E-state index is 0.941. The van der Waals surface area contributed by atoms with Crippen molar-refractivity contribution in [2.75, 3.05) is 5.75 Å². The fourth-order valence-electron chi connectivity index (χ4n) is 1.17. The smallest absolute Gasteiger partial charge is 0.0742 e. The molecule has 0 saturated carbocycles. The average molecular weight is 165 g/mol. The Hall–Kier alpha value is -0.760. The van der Waals surface area contributed by atoms with Crippen molar-refractivity contribution in [3.63, 3.8) is 0 Å². The quantitative estimate of drug-likeness (QED) is 0.559. The van der Waals surface area contributed by atoms with Gasteiger partial charge in [0.25, 0.3) is 0 Å². The SMILES string of the molecule is C1=Nc2ccccc2[SH2]CC1. The highest BCUT2D eigenvalue weighted by Gasteiger charge is 1.99. The van der Waals surface area contributed by atoms with E-state index in [4.69, 9.17) is 0 Å². The predicted octanol–water partition coefficient (Wildman–Crippen LogP) is 2.35. The molecule has 0 radical (unpaired) electrons. The molecule has 0 atom stereocenters. The Morgan fingerprint density at radius 1 is 1.27 bits per heavy atom. The molecule has 0 fully saturated rings. The van der Waals surface area contributed by atoms with Crippen LogP contribution in [0, 0.1) is 0 Å². The Morgan fingerprint density at radius 3 is 3.18 bits per heavy atom. The molecular formula is C9H11NS. The van der Waals surface area contributed by atoms with Gasteiger partial charge in [-0.05, 0) is 24.3 Å². The number of rotatable bonds is 0. The van der Waals surface area contributed by atoms with Gasteiger partial charge in [-0.1, -0.05) is 12.1 Å². The van der Waals surface area contributed by atoms with Gasteiger partial charge in [-0.3, -0.25) is 4.99 Å². The second-order valence-electron chi connectivity index (χ2n) is 2.54. The molecule has 58 valence electrons. The zero-order valence-electron chi connectivity index (χ0n) is 6.25. The molecule has 11 heavy (non-hydrogen) atoms. The van der Waals surface area contributed by atoms with E-state index in [0.29, 0.717) is 0 Å². The first kappa shape index (κ1) is 6.92. The van der Waals surface area contributed by atoms with Crippen LogP contribution >= 0.6 is 11.8 Å². The molecule has 0 N–H and O–H groups in total. The third-order valence-corrected chi connectivity index (χ3v) is 3.07. The van der Waals surface area contributed by atoms with Gasteiger partial charge in [0.05, 0.1) is 5.69 Å². The highest BCUT2D eigenvalue weighted by molar-refractivity contribution is 7.99. The van der Waals surface area contributed by atoms with E-state index in [0.717, 1.165) is 18.2 Å². The molecule has 0 bridgehead atoms. The van der Waals surface area contributed by atoms with E-state index in [1.165, 1.54) is 16.3 Å². The normalized spacial score (nSPS) is 19.3. The molecule has 1 aromatic rings. The predicted molar refractivity (Wildman–Crippen MR) is 52.7 cm³/mol. The van der Waals surface area contributed by atoms with E-state index in [-0.39, 0.29) is 0 Å². The van der Waals surface area contributed by atoms with Gasteiger partial charge < -0.3 is 0 Å². The van der Waals surface area contributed by atoms with Gasteiger partial charge in [0.15, 0.2) is 0 Å². The van der Waals surface area contributed by atoms with Crippen molar-refractivity contribution in [3.8, 4) is 0 Å². The van der Waals surface area contributed by atoms with Crippen molar-refractivity contribution >= 4 is 23.7 Å². The summed E-state index contributed by atoms with van der Waals surface area (Å²) in [5.74, 6) is 1.26. The molecule has 0 spiro atoms. The average Bonchev–Trinajstić information content (AvgIpc) is 2.28. The summed E-state index contributed by atoms with van der Waals surface area (Å²) in [5, 5.41) is 0. The summed E-state index contributed by atoms with van der Waals surface area (Å²) in [5.41, 5.74) is 1.17. The lowest BCUT2D eigenvalue weighted by atomic mass is 10.3. The van der Waals surface area contributed by atoms with Crippen molar-refractivity contribution in [1.82, 2.24) is 0 Å². The summed E-state index contributed by atoms with van der Waals surface area (Å²) in [6, 6.07) is 8.40. The number of nitrogens with zero attached hydrogens (tertiary/aromatic N) is 1. The third-order valence-electron chi connectivity index (χ3n) is 1.72. The maximum absolute atomic E-state index is 4.37. The van der Waals surface area contributed by atoms with Gasteiger partial charge in [-0.15, -0.1) is 0 Å². The van der Waals surface area contributed by atoms with Crippen LogP contribution in [0.1, 0.15) is 6.42 Å². The van der Waals surface area contributed by atoms with Crippen LogP contribution < -0.4 is 0 Å². The van der Waals surface area contributed by atoms with Gasteiger partial charge in [0.2, 0.25) is 0 Å². The zero-order chi connectivity index (χ0) is 7.52. The number of para-hydroxylation sites is 1. The largest absolute Gasteiger partial charge is 0.260 e. The maximum atomic E-state index is 4.37. The summed E-state index contributed by atoms with van der Waals surface area (Å²) in [4.78, 5) is 5.79. The van der Waals surface area contributed by atoms with Crippen LogP contribution in [0.5, 0.6) is 0 Å². The Bertz CT molecular complexity index is 281. The van der Waals surface area contributed by atoms with Gasteiger partial charge in [-0.2, -0.15) is 0 Å². The Morgan fingerprint density at radius 2 is 2.18 bits per heavy atom. The first-order chi connectivity index (χ1) is 5.47. The van der Waals surface area contributed by atoms with Crippen LogP contribution in [-0.4, -0.2) is 12.0 Å². The number of aliphatic imine (C=N–C) groups is 1. The molecule has 2 rings (SSSR count). The first-order valence-corrected chi connectivity index (χ1v) is 5.03. The topological polar surface area (TPSA) is 12.4 Å². The number of benzene rings is 1. The fraction of sp³-hybridized carbons (Fsp3) is 0.222. The van der Waals surface area contributed by atoms with Gasteiger partial charge in [0, 0.05) is 11.1 Å². The van der Waals surface area contributed by atoms with Gasteiger partial charge in [-0.25, -0.2) is 11.8 Å². The van der Waals surface area contributed by atoms with E-state index in [1.54, 1.807) is 0 Å². The molecule has 1 nitrogen and oxygen atoms in total. The molecule has 0 saturated heterocycles. The molecule has 0 aromatic heterocycles. The van der Waals surface area contributed by atoms with Crippen LogP contribution in [0.4, 0.5) is 5.69 Å². The van der Waals surface area contributed by atoms with E-state index < -0.39 is 0 Å². The highest BCUT2D eigenvalue weighted by Crippen LogP contribution is 2.30. The lowest BCUT2D eigenvalue weighted by Crippen LogP contribution is -1.74. The molecule has 0 amide bonds. The van der Waals surface area contributed by atoms with Crippen LogP contribution in [0.25, 0.3) is 0 Å². The van der Waals surface area contributed by atoms with Gasteiger partial charge in [0.1, 0.15) is 0 Å². The van der Waals surface area contributed by atoms with Gasteiger partial charge >= 0.3 is 0 Å². The Balaban J connectivity index is 2.45. The Labute approximate surface area is 70.5 Å². The van der Waals surface area contributed by atoms with Crippen LogP contribution in [0.2, 0.25) is 0 Å². The molecule has 1 aliphatic rings. The van der Waals surface area contributed by atoms with E-state index in [1.807, 2.05) is 12.3 Å². The van der Waals surface area contributed by atoms with Crippen molar-refractivity contribution in [2.24, 2.45) is 4.99 Å². The van der Waals surface area contributed by atoms with E-state index in [9.17, 15) is 0 Å². The van der Waals surface area contributed by atoms with Crippen LogP contribution in [0.15, 0.2) is 34.2 Å². The molecule has 0 aliphatic carbocycles. The maximum Gasteiger partial charge on any atom is 0.0742 e. The number of hydrogen-bond acceptors (Lipinski definition) is 1. The molecule has 1 aromatic carbocycles.